The molecule has 31 heavy (non-hydrogen) atoms. The summed E-state index contributed by atoms with van der Waals surface area (Å²) in [5.41, 5.74) is 0.446. The average Bonchev–Trinajstić information content (AvgIpc) is 2.75. The lowest BCUT2D eigenvalue weighted by molar-refractivity contribution is -0.132. The first-order valence-corrected chi connectivity index (χ1v) is 10.0. The highest BCUT2D eigenvalue weighted by Gasteiger charge is 2.26. The molecule has 1 aliphatic heterocycles. The van der Waals surface area contributed by atoms with Gasteiger partial charge in [-0.1, -0.05) is 19.1 Å². The molecule has 0 atom stereocenters. The molecule has 0 spiro atoms. The molecule has 164 valence electrons. The van der Waals surface area contributed by atoms with Crippen LogP contribution in [0.4, 0.5) is 10.1 Å². The SMILES string of the molecule is CCC(Nc1cccc(O)c1)=C(C(=O)O)C(=O)c1cc(CN2CCOCC2)ccc1F. The van der Waals surface area contributed by atoms with Gasteiger partial charge in [0.1, 0.15) is 17.1 Å². The lowest BCUT2D eigenvalue weighted by Crippen LogP contribution is -2.35. The monoisotopic (exact) mass is 428 g/mol. The third-order valence-electron chi connectivity index (χ3n) is 5.02. The number of anilines is 1. The number of carbonyl (C=O) groups excluding carboxylic acids is 1. The molecular weight excluding hydrogens is 403 g/mol. The Labute approximate surface area is 179 Å². The van der Waals surface area contributed by atoms with E-state index in [1.165, 1.54) is 24.3 Å². The van der Waals surface area contributed by atoms with Gasteiger partial charge in [-0.25, -0.2) is 9.18 Å². The van der Waals surface area contributed by atoms with E-state index in [9.17, 15) is 24.2 Å². The third-order valence-corrected chi connectivity index (χ3v) is 5.02. The number of ether oxygens (including phenoxy) is 1. The second-order valence-electron chi connectivity index (χ2n) is 7.22. The molecule has 1 aliphatic rings. The van der Waals surface area contributed by atoms with E-state index in [2.05, 4.69) is 10.2 Å². The highest BCUT2D eigenvalue weighted by Crippen LogP contribution is 2.23. The topological polar surface area (TPSA) is 99.1 Å². The number of ketones is 1. The number of Topliss-reactive ketones (excluding diaryl/α,β-unsaturated/α-hetero) is 1. The number of benzene rings is 2. The second-order valence-corrected chi connectivity index (χ2v) is 7.22. The van der Waals surface area contributed by atoms with E-state index < -0.39 is 23.1 Å². The van der Waals surface area contributed by atoms with E-state index in [4.69, 9.17) is 4.74 Å². The van der Waals surface area contributed by atoms with Crippen LogP contribution in [0.15, 0.2) is 53.7 Å². The summed E-state index contributed by atoms with van der Waals surface area (Å²) in [7, 11) is 0. The van der Waals surface area contributed by atoms with Crippen LogP contribution in [0.2, 0.25) is 0 Å². The fourth-order valence-electron chi connectivity index (χ4n) is 3.45. The molecule has 0 radical (unpaired) electrons. The summed E-state index contributed by atoms with van der Waals surface area (Å²) in [6.45, 7) is 4.88. The smallest absolute Gasteiger partial charge is 0.341 e. The standard InChI is InChI=1S/C23H25FN2O5/c1-2-20(25-16-4-3-5-17(27)13-16)21(23(29)30)22(28)18-12-15(6-7-19(18)24)14-26-8-10-31-11-9-26/h3-7,12-13,25,27H,2,8-11,14H2,1H3,(H,29,30). The number of allylic oxidation sites excluding steroid dienone is 1. The number of halogens is 1. The van der Waals surface area contributed by atoms with Crippen LogP contribution in [-0.4, -0.2) is 53.2 Å². The maximum atomic E-state index is 14.5. The Morgan fingerprint density at radius 2 is 1.90 bits per heavy atom. The lowest BCUT2D eigenvalue weighted by Gasteiger charge is -2.26. The van der Waals surface area contributed by atoms with Gasteiger partial charge in [0.25, 0.3) is 0 Å². The minimum atomic E-state index is -1.45. The van der Waals surface area contributed by atoms with Crippen molar-refractivity contribution in [3.63, 3.8) is 0 Å². The van der Waals surface area contributed by atoms with Crippen LogP contribution in [0.5, 0.6) is 5.75 Å². The largest absolute Gasteiger partial charge is 0.508 e. The van der Waals surface area contributed by atoms with Crippen molar-refractivity contribution in [3.8, 4) is 5.75 Å². The predicted molar refractivity (Wildman–Crippen MR) is 114 cm³/mol. The van der Waals surface area contributed by atoms with E-state index >= 15 is 0 Å². The zero-order chi connectivity index (χ0) is 22.4. The molecule has 3 N–H and O–H groups in total. The first kappa shape index (κ1) is 22.5. The minimum absolute atomic E-state index is 0.00878. The predicted octanol–water partition coefficient (Wildman–Crippen LogP) is 3.41. The molecule has 1 fully saturated rings. The van der Waals surface area contributed by atoms with Crippen molar-refractivity contribution in [2.24, 2.45) is 0 Å². The summed E-state index contributed by atoms with van der Waals surface area (Å²) in [6.07, 6.45) is 0.193. The van der Waals surface area contributed by atoms with Gasteiger partial charge in [-0.05, 0) is 36.2 Å². The zero-order valence-electron chi connectivity index (χ0n) is 17.2. The van der Waals surface area contributed by atoms with Crippen molar-refractivity contribution in [2.45, 2.75) is 19.9 Å². The number of phenolic OH excluding ortho intramolecular Hbond substituents is 1. The molecule has 1 heterocycles. The van der Waals surface area contributed by atoms with Gasteiger partial charge >= 0.3 is 5.97 Å². The van der Waals surface area contributed by atoms with E-state index in [1.807, 2.05) is 0 Å². The van der Waals surface area contributed by atoms with Crippen molar-refractivity contribution in [2.75, 3.05) is 31.6 Å². The fraction of sp³-hybridized carbons (Fsp3) is 0.304. The van der Waals surface area contributed by atoms with Gasteiger partial charge in [0, 0.05) is 37.1 Å². The van der Waals surface area contributed by atoms with Crippen molar-refractivity contribution in [1.29, 1.82) is 0 Å². The summed E-state index contributed by atoms with van der Waals surface area (Å²) in [5.74, 6) is -3.14. The number of carboxylic acid groups (broad SMARTS) is 1. The Hall–Kier alpha value is -3.23. The number of phenols is 1. The first-order chi connectivity index (χ1) is 14.9. The van der Waals surface area contributed by atoms with E-state index in [0.717, 1.165) is 18.7 Å². The van der Waals surface area contributed by atoms with Gasteiger partial charge in [0.15, 0.2) is 0 Å². The molecule has 2 aromatic rings. The Bertz CT molecular complexity index is 999. The second kappa shape index (κ2) is 10.2. The molecule has 1 saturated heterocycles. The van der Waals surface area contributed by atoms with Gasteiger partial charge in [-0.2, -0.15) is 0 Å². The molecule has 2 aromatic carbocycles. The van der Waals surface area contributed by atoms with Crippen LogP contribution in [0.1, 0.15) is 29.3 Å². The molecule has 0 aromatic heterocycles. The highest BCUT2D eigenvalue weighted by atomic mass is 19.1. The lowest BCUT2D eigenvalue weighted by atomic mass is 9.98. The number of hydrogen-bond acceptors (Lipinski definition) is 6. The normalized spacial score (nSPS) is 15.3. The van der Waals surface area contributed by atoms with Crippen LogP contribution in [0.3, 0.4) is 0 Å². The van der Waals surface area contributed by atoms with E-state index in [1.54, 1.807) is 25.1 Å². The first-order valence-electron chi connectivity index (χ1n) is 10.0. The number of nitrogens with one attached hydrogen (secondary N) is 1. The number of carboxylic acids is 1. The number of rotatable bonds is 8. The maximum absolute atomic E-state index is 14.5. The van der Waals surface area contributed by atoms with Crippen molar-refractivity contribution in [1.82, 2.24) is 4.90 Å². The number of aliphatic carboxylic acids is 1. The summed E-state index contributed by atoms with van der Waals surface area (Å²) in [5, 5.41) is 22.3. The van der Waals surface area contributed by atoms with Gasteiger partial charge in [0.05, 0.1) is 18.8 Å². The molecular formula is C23H25FN2O5. The molecule has 0 bridgehead atoms. The molecule has 0 amide bonds. The zero-order valence-corrected chi connectivity index (χ0v) is 17.2. The number of aromatic hydroxyl groups is 1. The van der Waals surface area contributed by atoms with Crippen LogP contribution >= 0.6 is 0 Å². The van der Waals surface area contributed by atoms with Gasteiger partial charge in [-0.3, -0.25) is 9.69 Å². The number of hydrogen-bond donors (Lipinski definition) is 3. The molecule has 0 saturated carbocycles. The Balaban J connectivity index is 1.93. The van der Waals surface area contributed by atoms with E-state index in [-0.39, 0.29) is 23.4 Å². The number of carbonyl (C=O) groups is 2. The molecule has 0 unspecified atom stereocenters. The summed E-state index contributed by atoms with van der Waals surface area (Å²) in [6, 6.07) is 10.3. The maximum Gasteiger partial charge on any atom is 0.341 e. The average molecular weight is 428 g/mol. The van der Waals surface area contributed by atoms with Gasteiger partial charge in [0.2, 0.25) is 5.78 Å². The molecule has 0 aliphatic carbocycles. The fourth-order valence-corrected chi connectivity index (χ4v) is 3.45. The number of morpholine rings is 1. The van der Waals surface area contributed by atoms with Gasteiger partial charge < -0.3 is 20.3 Å². The highest BCUT2D eigenvalue weighted by molar-refractivity contribution is 6.24. The van der Waals surface area contributed by atoms with Crippen LogP contribution < -0.4 is 5.32 Å². The van der Waals surface area contributed by atoms with Crippen LogP contribution in [0, 0.1) is 5.82 Å². The van der Waals surface area contributed by atoms with Crippen LogP contribution in [0.25, 0.3) is 0 Å². The van der Waals surface area contributed by atoms with Crippen molar-refractivity contribution in [3.05, 3.63) is 70.7 Å². The third kappa shape index (κ3) is 5.68. The summed E-state index contributed by atoms with van der Waals surface area (Å²) in [4.78, 5) is 27.2. The van der Waals surface area contributed by atoms with Crippen molar-refractivity contribution >= 4 is 17.4 Å². The molecule has 3 rings (SSSR count). The minimum Gasteiger partial charge on any atom is -0.508 e. The Morgan fingerprint density at radius 3 is 2.55 bits per heavy atom. The van der Waals surface area contributed by atoms with Crippen molar-refractivity contribution < 1.29 is 28.9 Å². The Kier molecular flexibility index (Phi) is 7.38. The summed E-state index contributed by atoms with van der Waals surface area (Å²) < 4.78 is 19.9. The summed E-state index contributed by atoms with van der Waals surface area (Å²) >= 11 is 0. The Morgan fingerprint density at radius 1 is 1.16 bits per heavy atom. The molecule has 7 nitrogen and oxygen atoms in total. The van der Waals surface area contributed by atoms with Gasteiger partial charge in [-0.15, -0.1) is 0 Å². The molecule has 8 heteroatoms. The van der Waals surface area contributed by atoms with E-state index in [0.29, 0.717) is 25.4 Å². The van der Waals surface area contributed by atoms with Crippen LogP contribution in [-0.2, 0) is 16.1 Å². The number of nitrogens with zero attached hydrogens (tertiary/aromatic N) is 1. The quantitative estimate of drug-likeness (QED) is 0.256.